The van der Waals surface area contributed by atoms with E-state index in [1.54, 1.807) is 6.92 Å². The normalized spacial score (nSPS) is 25.3. The Hall–Kier alpha value is -3.14. The number of nitrogens with zero attached hydrogens (tertiary/aromatic N) is 1. The zero-order valence-electron chi connectivity index (χ0n) is 17.4. The zero-order valence-corrected chi connectivity index (χ0v) is 18.2. The summed E-state index contributed by atoms with van der Waals surface area (Å²) < 4.78 is 0. The summed E-state index contributed by atoms with van der Waals surface area (Å²) in [5.74, 6) is -6.49. The number of nitrogens with two attached hydrogens (primary N) is 1. The summed E-state index contributed by atoms with van der Waals surface area (Å²) in [6.45, 7) is 1.64. The third-order valence-corrected chi connectivity index (χ3v) is 6.88. The number of aliphatic hydroxyl groups is 2. The van der Waals surface area contributed by atoms with Gasteiger partial charge in [0.15, 0.2) is 11.4 Å². The van der Waals surface area contributed by atoms with Gasteiger partial charge in [-0.05, 0) is 50.7 Å². The molecule has 4 rings (SSSR count). The van der Waals surface area contributed by atoms with E-state index in [-0.39, 0.29) is 28.1 Å². The van der Waals surface area contributed by atoms with Crippen LogP contribution in [0.2, 0.25) is 5.02 Å². The number of hydrogen-bond donors (Lipinski definition) is 5. The molecule has 1 amide bonds. The van der Waals surface area contributed by atoms with E-state index in [1.807, 2.05) is 0 Å². The molecule has 0 fully saturated rings. The molecule has 0 radical (unpaired) electrons. The number of aromatic hydroxyl groups is 2. The van der Waals surface area contributed by atoms with E-state index in [1.165, 1.54) is 31.1 Å². The number of likely N-dealkylation sites (N-methyl/N-ethyl adjacent to an activating group) is 1. The fourth-order valence-corrected chi connectivity index (χ4v) is 5.40. The van der Waals surface area contributed by atoms with Gasteiger partial charge in [0.2, 0.25) is 5.78 Å². The van der Waals surface area contributed by atoms with Gasteiger partial charge in [0.1, 0.15) is 22.8 Å². The van der Waals surface area contributed by atoms with Crippen molar-refractivity contribution in [1.29, 1.82) is 0 Å². The van der Waals surface area contributed by atoms with Crippen molar-refractivity contribution in [2.24, 2.45) is 11.7 Å². The highest BCUT2D eigenvalue weighted by Gasteiger charge is 2.62. The van der Waals surface area contributed by atoms with Crippen molar-refractivity contribution >= 4 is 39.8 Å². The highest BCUT2D eigenvalue weighted by Crippen LogP contribution is 2.51. The number of halogens is 1. The van der Waals surface area contributed by atoms with Crippen LogP contribution in [0, 0.1) is 12.8 Å². The maximum Gasteiger partial charge on any atom is 0.255 e. The number of phenols is 2. The largest absolute Gasteiger partial charge is 0.508 e. The van der Waals surface area contributed by atoms with Gasteiger partial charge in [-0.25, -0.2) is 0 Å². The van der Waals surface area contributed by atoms with Crippen LogP contribution in [0.15, 0.2) is 23.5 Å². The van der Waals surface area contributed by atoms with Crippen LogP contribution in [0.5, 0.6) is 11.5 Å². The number of carbonyl (C=O) groups is 3. The number of hydrogen-bond acceptors (Lipinski definition) is 8. The summed E-state index contributed by atoms with van der Waals surface area (Å²) in [7, 11) is 3.06. The smallest absolute Gasteiger partial charge is 0.255 e. The molecule has 0 bridgehead atoms. The summed E-state index contributed by atoms with van der Waals surface area (Å²) >= 11 is 6.31. The first kappa shape index (κ1) is 22.1. The van der Waals surface area contributed by atoms with Gasteiger partial charge >= 0.3 is 0 Å². The zero-order chi connectivity index (χ0) is 23.9. The number of aryl methyl sites for hydroxylation is 1. The molecule has 0 saturated carbocycles. The second-order valence-corrected chi connectivity index (χ2v) is 8.82. The third kappa shape index (κ3) is 2.55. The Bertz CT molecular complexity index is 1280. The predicted octanol–water partition coefficient (Wildman–Crippen LogP) is 1.11. The first-order chi connectivity index (χ1) is 14.8. The molecule has 0 aliphatic heterocycles. The van der Waals surface area contributed by atoms with Crippen LogP contribution in [0.4, 0.5) is 0 Å². The van der Waals surface area contributed by atoms with Crippen molar-refractivity contribution in [2.45, 2.75) is 25.0 Å². The number of fused-ring (bicyclic) bond motifs is 3. The molecule has 0 saturated heterocycles. The summed E-state index contributed by atoms with van der Waals surface area (Å²) in [5.41, 5.74) is 2.19. The van der Waals surface area contributed by atoms with Crippen LogP contribution in [-0.4, -0.2) is 68.5 Å². The predicted molar refractivity (Wildman–Crippen MR) is 115 cm³/mol. The second kappa shape index (κ2) is 6.93. The van der Waals surface area contributed by atoms with E-state index in [9.17, 15) is 34.8 Å². The van der Waals surface area contributed by atoms with Crippen LogP contribution in [-0.2, 0) is 16.0 Å². The molecule has 0 heterocycles. The molecular formula is C22H21ClN2O7. The van der Waals surface area contributed by atoms with Gasteiger partial charge in [0.05, 0.1) is 17.0 Å². The fourth-order valence-electron chi connectivity index (χ4n) is 5.10. The Labute approximate surface area is 187 Å². The van der Waals surface area contributed by atoms with Crippen molar-refractivity contribution < 1.29 is 34.8 Å². The Morgan fingerprint density at radius 2 is 1.81 bits per heavy atom. The van der Waals surface area contributed by atoms with Gasteiger partial charge in [0.25, 0.3) is 5.91 Å². The van der Waals surface area contributed by atoms with E-state index in [2.05, 4.69) is 0 Å². The molecule has 2 aromatic carbocycles. The van der Waals surface area contributed by atoms with Gasteiger partial charge in [-0.3, -0.25) is 19.3 Å². The number of primary amides is 1. The Morgan fingerprint density at radius 1 is 1.19 bits per heavy atom. The number of amides is 1. The SMILES string of the molecule is Cc1c2c(c(O)c3c(O)ccc(Cl)c13)C(=O)[C@]1(O)C(O)=C(C(N)=O)C(=O)[C@H](N(C)C)[C@H]1C2. The van der Waals surface area contributed by atoms with Crippen LogP contribution in [0.1, 0.15) is 21.5 Å². The van der Waals surface area contributed by atoms with Gasteiger partial charge in [-0.2, -0.15) is 0 Å². The summed E-state index contributed by atoms with van der Waals surface area (Å²) in [4.78, 5) is 40.0. The number of benzene rings is 2. The average molecular weight is 461 g/mol. The number of rotatable bonds is 2. The van der Waals surface area contributed by atoms with Crippen molar-refractivity contribution in [3.05, 3.63) is 45.2 Å². The summed E-state index contributed by atoms with van der Waals surface area (Å²) in [6.07, 6.45) is -0.108. The highest BCUT2D eigenvalue weighted by atomic mass is 35.5. The number of ketones is 2. The van der Waals surface area contributed by atoms with Gasteiger partial charge in [0, 0.05) is 16.3 Å². The molecule has 0 spiro atoms. The lowest BCUT2D eigenvalue weighted by Gasteiger charge is -2.47. The minimum absolute atomic E-state index is 0.0845. The number of Topliss-reactive ketones (excluding diaryl/α,β-unsaturated/α-hetero) is 2. The lowest BCUT2D eigenvalue weighted by molar-refractivity contribution is -0.132. The highest BCUT2D eigenvalue weighted by molar-refractivity contribution is 6.37. The molecule has 6 N–H and O–H groups in total. The van der Waals surface area contributed by atoms with Crippen LogP contribution < -0.4 is 5.73 Å². The molecule has 2 aliphatic carbocycles. The Morgan fingerprint density at radius 3 is 2.38 bits per heavy atom. The third-order valence-electron chi connectivity index (χ3n) is 6.57. The van der Waals surface area contributed by atoms with Gasteiger partial charge < -0.3 is 26.2 Å². The molecule has 0 aromatic heterocycles. The maximum atomic E-state index is 13.6. The number of carbonyl (C=O) groups excluding carboxylic acids is 3. The molecule has 2 aromatic rings. The van der Waals surface area contributed by atoms with E-state index in [4.69, 9.17) is 17.3 Å². The van der Waals surface area contributed by atoms with E-state index >= 15 is 0 Å². The van der Waals surface area contributed by atoms with Crippen LogP contribution in [0.25, 0.3) is 10.8 Å². The lowest BCUT2D eigenvalue weighted by Crippen LogP contribution is -2.64. The summed E-state index contributed by atoms with van der Waals surface area (Å²) in [6, 6.07) is 1.54. The molecule has 3 atom stereocenters. The van der Waals surface area contributed by atoms with Crippen molar-refractivity contribution in [3.8, 4) is 11.5 Å². The fraction of sp³-hybridized carbons (Fsp3) is 0.318. The molecule has 10 heteroatoms. The van der Waals surface area contributed by atoms with E-state index in [0.29, 0.717) is 16.5 Å². The monoisotopic (exact) mass is 460 g/mol. The lowest BCUT2D eigenvalue weighted by atomic mass is 9.61. The Balaban J connectivity index is 2.13. The number of phenolic OH excluding ortho intramolecular Hbond substituents is 2. The van der Waals surface area contributed by atoms with Crippen LogP contribution in [0.3, 0.4) is 0 Å². The summed E-state index contributed by atoms with van der Waals surface area (Å²) in [5, 5.41) is 44.0. The topological polar surface area (TPSA) is 161 Å². The van der Waals surface area contributed by atoms with E-state index < -0.39 is 52.1 Å². The van der Waals surface area contributed by atoms with Crippen molar-refractivity contribution in [2.75, 3.05) is 14.1 Å². The molecule has 2 aliphatic rings. The second-order valence-electron chi connectivity index (χ2n) is 8.41. The Kier molecular flexibility index (Phi) is 4.78. The molecule has 32 heavy (non-hydrogen) atoms. The minimum Gasteiger partial charge on any atom is -0.508 e. The quantitative estimate of drug-likeness (QED) is 0.416. The first-order valence-electron chi connectivity index (χ1n) is 9.72. The molecule has 9 nitrogen and oxygen atoms in total. The molecular weight excluding hydrogens is 440 g/mol. The van der Waals surface area contributed by atoms with Gasteiger partial charge in [-0.1, -0.05) is 11.6 Å². The van der Waals surface area contributed by atoms with Crippen LogP contribution >= 0.6 is 11.6 Å². The molecule has 0 unspecified atom stereocenters. The van der Waals surface area contributed by atoms with Crippen molar-refractivity contribution in [3.63, 3.8) is 0 Å². The van der Waals surface area contributed by atoms with E-state index in [0.717, 1.165) is 0 Å². The van der Waals surface area contributed by atoms with Gasteiger partial charge in [-0.15, -0.1) is 0 Å². The maximum absolute atomic E-state index is 13.6. The molecule has 168 valence electrons. The van der Waals surface area contributed by atoms with Crippen molar-refractivity contribution in [1.82, 2.24) is 4.90 Å². The number of aliphatic hydroxyl groups excluding tert-OH is 1. The standard InChI is InChI=1S/C22H21ClN2O7/c1-7-8-6-9-16(25(2)3)18(28)15(21(24)31)20(30)22(9,32)19(29)13(8)17(27)14-11(26)5-4-10(23)12(7)14/h4-5,9,16,26-27,30,32H,6H2,1-3H3,(H2,24,31)/t9-,16-,22+/m1/s1. The first-order valence-corrected chi connectivity index (χ1v) is 10.1. The average Bonchev–Trinajstić information content (AvgIpc) is 2.69. The minimum atomic E-state index is -2.69.